The van der Waals surface area contributed by atoms with E-state index in [9.17, 15) is 13.2 Å². The van der Waals surface area contributed by atoms with Gasteiger partial charge in [0, 0.05) is 0 Å². The summed E-state index contributed by atoms with van der Waals surface area (Å²) in [6, 6.07) is 7.13. The zero-order valence-corrected chi connectivity index (χ0v) is 11.2. The minimum atomic E-state index is -4.67. The first-order valence-electron chi connectivity index (χ1n) is 5.09. The van der Waals surface area contributed by atoms with Crippen LogP contribution in [0.2, 0.25) is 0 Å². The number of thiophene rings is 1. The number of hydrogen-bond acceptors (Lipinski definition) is 3. The quantitative estimate of drug-likeness (QED) is 0.925. The molecule has 0 saturated carbocycles. The first kappa shape index (κ1) is 15.8. The Bertz CT molecular complexity index is 499. The Morgan fingerprint density at radius 1 is 1.05 bits per heavy atom. The molecule has 0 spiro atoms. The van der Waals surface area contributed by atoms with E-state index in [0.29, 0.717) is 0 Å². The average molecular weight is 310 g/mol. The van der Waals surface area contributed by atoms with Gasteiger partial charge in [-0.3, -0.25) is 0 Å². The van der Waals surface area contributed by atoms with Gasteiger partial charge in [-0.25, -0.2) is 0 Å². The van der Waals surface area contributed by atoms with Crippen LogP contribution >= 0.6 is 23.7 Å². The first-order valence-corrected chi connectivity index (χ1v) is 6.03. The highest BCUT2D eigenvalue weighted by Crippen LogP contribution is 2.26. The molecular weight excluding hydrogens is 299 g/mol. The lowest BCUT2D eigenvalue weighted by Gasteiger charge is -2.12. The number of benzene rings is 1. The minimum absolute atomic E-state index is 0. The predicted octanol–water partition coefficient (Wildman–Crippen LogP) is 4.12. The maximum absolute atomic E-state index is 12.0. The van der Waals surface area contributed by atoms with Gasteiger partial charge in [0.25, 0.3) is 0 Å². The number of ether oxygens (including phenoxy) is 1. The van der Waals surface area contributed by atoms with Crippen molar-refractivity contribution in [2.75, 3.05) is 0 Å². The molecule has 0 amide bonds. The molecule has 1 aromatic carbocycles. The van der Waals surface area contributed by atoms with E-state index < -0.39 is 6.36 Å². The number of rotatable bonds is 3. The van der Waals surface area contributed by atoms with Crippen LogP contribution in [0.3, 0.4) is 0 Å². The van der Waals surface area contributed by atoms with Crippen molar-refractivity contribution in [3.63, 3.8) is 0 Å². The Hall–Kier alpha value is -1.24. The number of nitrogens with two attached hydrogens (primary N) is 1. The molecule has 104 valence electrons. The fraction of sp³-hybridized carbons (Fsp3) is 0.167. The third kappa shape index (κ3) is 4.41. The summed E-state index contributed by atoms with van der Waals surface area (Å²) in [6.45, 7) is 0. The van der Waals surface area contributed by atoms with Gasteiger partial charge in [0.1, 0.15) is 5.75 Å². The lowest BCUT2D eigenvalue weighted by atomic mass is 10.0. The summed E-state index contributed by atoms with van der Waals surface area (Å²) in [6.07, 6.45) is -4.67. The van der Waals surface area contributed by atoms with Gasteiger partial charge in [-0.05, 0) is 40.1 Å². The Morgan fingerprint density at radius 3 is 2.16 bits per heavy atom. The standard InChI is InChI=1S/C12H10F3NOS.ClH/c13-12(14,15)17-10-3-1-8(2-4-10)11(16)9-5-6-18-7-9;/h1-7,11H,16H2;1H/t11-;/m1./s1. The van der Waals surface area contributed by atoms with Gasteiger partial charge in [-0.15, -0.1) is 25.6 Å². The van der Waals surface area contributed by atoms with E-state index in [0.717, 1.165) is 11.1 Å². The molecule has 2 N–H and O–H groups in total. The number of alkyl halides is 3. The van der Waals surface area contributed by atoms with Gasteiger partial charge in [0.2, 0.25) is 0 Å². The molecule has 7 heteroatoms. The molecule has 1 heterocycles. The first-order chi connectivity index (χ1) is 8.46. The van der Waals surface area contributed by atoms with Gasteiger partial charge < -0.3 is 10.5 Å². The van der Waals surface area contributed by atoms with Crippen molar-refractivity contribution in [2.45, 2.75) is 12.4 Å². The molecule has 2 nitrogen and oxygen atoms in total. The van der Waals surface area contributed by atoms with Crippen LogP contribution in [0.5, 0.6) is 5.75 Å². The lowest BCUT2D eigenvalue weighted by Crippen LogP contribution is -2.17. The molecule has 1 atom stereocenters. The summed E-state index contributed by atoms with van der Waals surface area (Å²) in [5, 5.41) is 3.81. The fourth-order valence-electron chi connectivity index (χ4n) is 1.52. The van der Waals surface area contributed by atoms with Crippen LogP contribution in [0.25, 0.3) is 0 Å². The molecule has 0 aliphatic rings. The van der Waals surface area contributed by atoms with Crippen LogP contribution in [0, 0.1) is 0 Å². The molecule has 0 saturated heterocycles. The second-order valence-corrected chi connectivity index (χ2v) is 4.43. The summed E-state index contributed by atoms with van der Waals surface area (Å²) in [5.41, 5.74) is 7.66. The Kier molecular flexibility index (Phi) is 5.22. The second kappa shape index (κ2) is 6.27. The molecule has 0 aliphatic heterocycles. The van der Waals surface area contributed by atoms with E-state index in [-0.39, 0.29) is 24.2 Å². The van der Waals surface area contributed by atoms with Crippen LogP contribution in [0.4, 0.5) is 13.2 Å². The molecule has 0 unspecified atom stereocenters. The van der Waals surface area contributed by atoms with E-state index in [1.165, 1.54) is 35.6 Å². The van der Waals surface area contributed by atoms with Crippen LogP contribution in [-0.2, 0) is 0 Å². The van der Waals surface area contributed by atoms with Crippen LogP contribution in [-0.4, -0.2) is 6.36 Å². The Balaban J connectivity index is 0.00000180. The Morgan fingerprint density at radius 2 is 1.68 bits per heavy atom. The topological polar surface area (TPSA) is 35.2 Å². The molecule has 0 aliphatic carbocycles. The van der Waals surface area contributed by atoms with Crippen LogP contribution in [0.15, 0.2) is 41.1 Å². The summed E-state index contributed by atoms with van der Waals surface area (Å²) < 4.78 is 39.7. The minimum Gasteiger partial charge on any atom is -0.406 e. The zero-order chi connectivity index (χ0) is 13.2. The van der Waals surface area contributed by atoms with Gasteiger partial charge in [-0.1, -0.05) is 12.1 Å². The van der Waals surface area contributed by atoms with E-state index in [2.05, 4.69) is 4.74 Å². The molecule has 2 aromatic rings. The van der Waals surface area contributed by atoms with Gasteiger partial charge in [-0.2, -0.15) is 11.3 Å². The van der Waals surface area contributed by atoms with E-state index in [1.807, 2.05) is 16.8 Å². The maximum atomic E-state index is 12.0. The van der Waals surface area contributed by atoms with E-state index in [1.54, 1.807) is 0 Å². The van der Waals surface area contributed by atoms with Crippen molar-refractivity contribution in [1.29, 1.82) is 0 Å². The largest absolute Gasteiger partial charge is 0.573 e. The van der Waals surface area contributed by atoms with Gasteiger partial charge in [0.15, 0.2) is 0 Å². The van der Waals surface area contributed by atoms with E-state index in [4.69, 9.17) is 5.73 Å². The van der Waals surface area contributed by atoms with Crippen LogP contribution in [0.1, 0.15) is 17.2 Å². The van der Waals surface area contributed by atoms with Crippen LogP contribution < -0.4 is 10.5 Å². The van der Waals surface area contributed by atoms with Crippen molar-refractivity contribution in [3.8, 4) is 5.75 Å². The van der Waals surface area contributed by atoms with Gasteiger partial charge in [0.05, 0.1) is 6.04 Å². The summed E-state index contributed by atoms with van der Waals surface area (Å²) in [7, 11) is 0. The highest BCUT2D eigenvalue weighted by molar-refractivity contribution is 7.08. The lowest BCUT2D eigenvalue weighted by molar-refractivity contribution is -0.274. The van der Waals surface area contributed by atoms with Crippen molar-refractivity contribution >= 4 is 23.7 Å². The molecule has 2 rings (SSSR count). The Labute approximate surface area is 118 Å². The summed E-state index contributed by atoms with van der Waals surface area (Å²) >= 11 is 1.52. The highest BCUT2D eigenvalue weighted by Gasteiger charge is 2.31. The molecular formula is C12H11ClF3NOS. The fourth-order valence-corrected chi connectivity index (χ4v) is 2.22. The normalized spacial score (nSPS) is 12.6. The molecule has 19 heavy (non-hydrogen) atoms. The molecule has 0 radical (unpaired) electrons. The van der Waals surface area contributed by atoms with Crippen molar-refractivity contribution in [2.24, 2.45) is 5.73 Å². The second-order valence-electron chi connectivity index (χ2n) is 3.65. The summed E-state index contributed by atoms with van der Waals surface area (Å²) in [4.78, 5) is 0. The molecule has 0 fully saturated rings. The van der Waals surface area contributed by atoms with Gasteiger partial charge >= 0.3 is 6.36 Å². The number of hydrogen-bond donors (Lipinski definition) is 1. The predicted molar refractivity (Wildman–Crippen MR) is 70.7 cm³/mol. The zero-order valence-electron chi connectivity index (χ0n) is 9.55. The van der Waals surface area contributed by atoms with Crippen molar-refractivity contribution < 1.29 is 17.9 Å². The maximum Gasteiger partial charge on any atom is 0.573 e. The molecule has 1 aromatic heterocycles. The van der Waals surface area contributed by atoms with E-state index >= 15 is 0 Å². The highest BCUT2D eigenvalue weighted by atomic mass is 35.5. The third-order valence-electron chi connectivity index (χ3n) is 2.38. The van der Waals surface area contributed by atoms with Crippen molar-refractivity contribution in [3.05, 3.63) is 52.2 Å². The monoisotopic (exact) mass is 309 g/mol. The summed E-state index contributed by atoms with van der Waals surface area (Å²) in [5.74, 6) is -0.247. The molecule has 0 bridgehead atoms. The average Bonchev–Trinajstić information content (AvgIpc) is 2.80. The van der Waals surface area contributed by atoms with Crippen molar-refractivity contribution in [1.82, 2.24) is 0 Å². The smallest absolute Gasteiger partial charge is 0.406 e. The SMILES string of the molecule is Cl.N[C@H](c1ccc(OC(F)(F)F)cc1)c1ccsc1. The third-order valence-corrected chi connectivity index (χ3v) is 3.08. The number of halogens is 4.